The summed E-state index contributed by atoms with van der Waals surface area (Å²) in [6, 6.07) is 23.2. The van der Waals surface area contributed by atoms with Crippen LogP contribution in [0.25, 0.3) is 17.0 Å². The Labute approximate surface area is 262 Å². The number of thioether (sulfide) groups is 1. The highest BCUT2D eigenvalue weighted by molar-refractivity contribution is 7.98. The topological polar surface area (TPSA) is 65.6 Å². The maximum absolute atomic E-state index is 14.2. The molecule has 0 N–H and O–H groups in total. The van der Waals surface area contributed by atoms with E-state index in [-0.39, 0.29) is 11.7 Å². The third kappa shape index (κ3) is 5.62. The molecule has 9 heteroatoms. The number of hydrogen-bond acceptors (Lipinski definition) is 6. The number of fused-ring (bicyclic) bond motifs is 2. The van der Waals surface area contributed by atoms with Gasteiger partial charge in [0.15, 0.2) is 4.80 Å². The number of rotatable bonds is 7. The van der Waals surface area contributed by atoms with E-state index in [0.717, 1.165) is 32.5 Å². The normalized spacial score (nSPS) is 15.2. The molecule has 43 heavy (non-hydrogen) atoms. The minimum Gasteiger partial charge on any atom is -0.459 e. The van der Waals surface area contributed by atoms with Crippen LogP contribution in [0.1, 0.15) is 43.5 Å². The van der Waals surface area contributed by atoms with Gasteiger partial charge in [-0.1, -0.05) is 71.5 Å². The van der Waals surface area contributed by atoms with Gasteiger partial charge in [0.1, 0.15) is 0 Å². The van der Waals surface area contributed by atoms with Crippen LogP contribution < -0.4 is 14.9 Å². The fourth-order valence-corrected chi connectivity index (χ4v) is 7.08. The number of esters is 1. The van der Waals surface area contributed by atoms with E-state index in [2.05, 4.69) is 22.9 Å². The number of thiazole rings is 1. The standard InChI is InChI=1S/C34H30ClN3O3S2/c1-20(2)41-33(40)30-21(3)36-34-38(31(30)22-13-15-25(42-4)16-14-22)32(39)29(43-34)17-24-19-37(28-12-8-6-10-26(24)28)18-23-9-5-7-11-27(23)35/h5-17,19-20,31H,18H2,1-4H3/b29-17-/t31-/m0/s1. The lowest BCUT2D eigenvalue weighted by Crippen LogP contribution is -2.40. The molecule has 0 bridgehead atoms. The van der Waals surface area contributed by atoms with Gasteiger partial charge in [-0.25, -0.2) is 9.79 Å². The SMILES string of the molecule is CSc1ccc([C@H]2C(C(=O)OC(C)C)=C(C)N=c3s/c(=C\c4cn(Cc5ccccc5Cl)c5ccccc45)c(=O)n32)cc1. The number of benzene rings is 3. The summed E-state index contributed by atoms with van der Waals surface area (Å²) in [5, 5.41) is 1.74. The van der Waals surface area contributed by atoms with Gasteiger partial charge >= 0.3 is 5.97 Å². The van der Waals surface area contributed by atoms with Crippen molar-refractivity contribution in [3.63, 3.8) is 0 Å². The fourth-order valence-electron chi connectivity index (χ4n) is 5.43. The molecule has 0 saturated heterocycles. The van der Waals surface area contributed by atoms with Crippen LogP contribution in [0.3, 0.4) is 0 Å². The van der Waals surface area contributed by atoms with Crippen molar-refractivity contribution in [3.05, 3.63) is 132 Å². The second-order valence-electron chi connectivity index (χ2n) is 10.6. The average Bonchev–Trinajstić information content (AvgIpc) is 3.49. The molecular formula is C34H30ClN3O3S2. The lowest BCUT2D eigenvalue weighted by atomic mass is 9.96. The largest absolute Gasteiger partial charge is 0.459 e. The quantitative estimate of drug-likeness (QED) is 0.151. The highest BCUT2D eigenvalue weighted by Gasteiger charge is 2.33. The summed E-state index contributed by atoms with van der Waals surface area (Å²) in [4.78, 5) is 34.0. The monoisotopic (exact) mass is 627 g/mol. The zero-order valence-corrected chi connectivity index (χ0v) is 26.6. The molecule has 1 aliphatic heterocycles. The predicted octanol–water partition coefficient (Wildman–Crippen LogP) is 6.57. The van der Waals surface area contributed by atoms with E-state index < -0.39 is 12.0 Å². The number of hydrogen-bond donors (Lipinski definition) is 0. The van der Waals surface area contributed by atoms with Crippen LogP contribution in [-0.2, 0) is 16.1 Å². The number of para-hydroxylation sites is 1. The van der Waals surface area contributed by atoms with Crippen molar-refractivity contribution in [2.24, 2.45) is 4.99 Å². The molecule has 218 valence electrons. The van der Waals surface area contributed by atoms with E-state index in [4.69, 9.17) is 21.3 Å². The van der Waals surface area contributed by atoms with Crippen molar-refractivity contribution in [1.29, 1.82) is 0 Å². The molecule has 5 aromatic rings. The minimum atomic E-state index is -0.651. The van der Waals surface area contributed by atoms with Gasteiger partial charge in [0.25, 0.3) is 5.56 Å². The Morgan fingerprint density at radius 1 is 1.09 bits per heavy atom. The average molecular weight is 628 g/mol. The summed E-state index contributed by atoms with van der Waals surface area (Å²) in [5.74, 6) is -0.466. The summed E-state index contributed by atoms with van der Waals surface area (Å²) in [7, 11) is 0. The number of carbonyl (C=O) groups excluding carboxylic acids is 1. The molecular weight excluding hydrogens is 598 g/mol. The summed E-state index contributed by atoms with van der Waals surface area (Å²) >= 11 is 9.44. The van der Waals surface area contributed by atoms with Gasteiger partial charge in [-0.05, 0) is 68.5 Å². The maximum Gasteiger partial charge on any atom is 0.338 e. The van der Waals surface area contributed by atoms with E-state index >= 15 is 0 Å². The first-order valence-electron chi connectivity index (χ1n) is 13.9. The summed E-state index contributed by atoms with van der Waals surface area (Å²) in [6.45, 7) is 6.03. The molecule has 1 aliphatic rings. The number of carbonyl (C=O) groups is 1. The van der Waals surface area contributed by atoms with E-state index in [1.54, 1.807) is 23.3 Å². The number of aromatic nitrogens is 2. The first kappa shape index (κ1) is 29.2. The molecule has 0 amide bonds. The molecule has 3 heterocycles. The van der Waals surface area contributed by atoms with Crippen molar-refractivity contribution in [3.8, 4) is 0 Å². The predicted molar refractivity (Wildman–Crippen MR) is 176 cm³/mol. The van der Waals surface area contributed by atoms with Crippen LogP contribution in [0.2, 0.25) is 5.02 Å². The van der Waals surface area contributed by atoms with Crippen molar-refractivity contribution in [2.75, 3.05) is 6.26 Å². The van der Waals surface area contributed by atoms with Gasteiger partial charge in [0, 0.05) is 39.1 Å². The van der Waals surface area contributed by atoms with E-state index in [1.807, 2.05) is 86.8 Å². The van der Waals surface area contributed by atoms with Crippen molar-refractivity contribution < 1.29 is 9.53 Å². The van der Waals surface area contributed by atoms with Gasteiger partial charge in [0.2, 0.25) is 0 Å². The lowest BCUT2D eigenvalue weighted by Gasteiger charge is -2.25. The molecule has 3 aromatic carbocycles. The Morgan fingerprint density at radius 2 is 1.81 bits per heavy atom. The molecule has 0 unspecified atom stereocenters. The van der Waals surface area contributed by atoms with Crippen LogP contribution in [0.4, 0.5) is 0 Å². The summed E-state index contributed by atoms with van der Waals surface area (Å²) in [5.41, 5.74) is 4.53. The zero-order valence-electron chi connectivity index (χ0n) is 24.2. The molecule has 0 spiro atoms. The highest BCUT2D eigenvalue weighted by Crippen LogP contribution is 2.32. The van der Waals surface area contributed by atoms with Crippen molar-refractivity contribution >= 4 is 57.6 Å². The van der Waals surface area contributed by atoms with Crippen molar-refractivity contribution in [1.82, 2.24) is 9.13 Å². The van der Waals surface area contributed by atoms with Gasteiger partial charge in [-0.3, -0.25) is 9.36 Å². The Balaban J connectivity index is 1.51. The van der Waals surface area contributed by atoms with Crippen LogP contribution in [0.5, 0.6) is 0 Å². The van der Waals surface area contributed by atoms with Crippen LogP contribution in [-0.4, -0.2) is 27.5 Å². The molecule has 1 atom stereocenters. The second-order valence-corrected chi connectivity index (χ2v) is 12.9. The number of halogens is 1. The fraction of sp³-hybridized carbons (Fsp3) is 0.206. The Bertz CT molecular complexity index is 2070. The molecule has 0 aliphatic carbocycles. The number of ether oxygens (including phenoxy) is 1. The van der Waals surface area contributed by atoms with Gasteiger partial charge in [-0.2, -0.15) is 0 Å². The smallest absolute Gasteiger partial charge is 0.338 e. The van der Waals surface area contributed by atoms with Gasteiger partial charge in [-0.15, -0.1) is 11.8 Å². The van der Waals surface area contributed by atoms with Gasteiger partial charge < -0.3 is 9.30 Å². The number of allylic oxidation sites excluding steroid dienone is 1. The second kappa shape index (κ2) is 12.0. The zero-order chi connectivity index (χ0) is 30.2. The third-order valence-electron chi connectivity index (χ3n) is 7.42. The van der Waals surface area contributed by atoms with Crippen molar-refractivity contribution in [2.45, 2.75) is 44.4 Å². The first-order valence-corrected chi connectivity index (χ1v) is 16.4. The minimum absolute atomic E-state index is 0.201. The maximum atomic E-state index is 14.2. The Kier molecular flexibility index (Phi) is 8.18. The summed E-state index contributed by atoms with van der Waals surface area (Å²) in [6.07, 6.45) is 5.69. The molecule has 0 fully saturated rings. The molecule has 0 saturated carbocycles. The van der Waals surface area contributed by atoms with Crippen LogP contribution >= 0.6 is 34.7 Å². The first-order chi connectivity index (χ1) is 20.7. The lowest BCUT2D eigenvalue weighted by molar-refractivity contribution is -0.143. The molecule has 6 nitrogen and oxygen atoms in total. The molecule has 6 rings (SSSR count). The van der Waals surface area contributed by atoms with E-state index in [0.29, 0.717) is 32.2 Å². The van der Waals surface area contributed by atoms with E-state index in [9.17, 15) is 9.59 Å². The Hall–Kier alpha value is -3.85. The third-order valence-corrected chi connectivity index (χ3v) is 9.52. The Morgan fingerprint density at radius 3 is 2.53 bits per heavy atom. The van der Waals surface area contributed by atoms with Crippen LogP contribution in [0.15, 0.2) is 105 Å². The molecule has 2 aromatic heterocycles. The summed E-state index contributed by atoms with van der Waals surface area (Å²) < 4.78 is 9.96. The number of nitrogens with zero attached hydrogens (tertiary/aromatic N) is 3. The van der Waals surface area contributed by atoms with Crippen LogP contribution in [0, 0.1) is 0 Å². The highest BCUT2D eigenvalue weighted by atomic mass is 35.5. The van der Waals surface area contributed by atoms with E-state index in [1.165, 1.54) is 11.3 Å². The molecule has 0 radical (unpaired) electrons. The van der Waals surface area contributed by atoms with Gasteiger partial charge in [0.05, 0.1) is 27.9 Å².